The largest absolute Gasteiger partial charge is 0.417 e. The van der Waals surface area contributed by atoms with Crippen LogP contribution in [0.1, 0.15) is 41.7 Å². The number of hydrogen-bond donors (Lipinski definition) is 1. The van der Waals surface area contributed by atoms with Crippen molar-refractivity contribution in [1.82, 2.24) is 9.88 Å². The highest BCUT2D eigenvalue weighted by atomic mass is 19.4. The van der Waals surface area contributed by atoms with Crippen LogP contribution in [0.4, 0.5) is 13.2 Å². The van der Waals surface area contributed by atoms with E-state index in [0.717, 1.165) is 31.4 Å². The van der Waals surface area contributed by atoms with Gasteiger partial charge in [-0.2, -0.15) is 13.2 Å². The van der Waals surface area contributed by atoms with Gasteiger partial charge >= 0.3 is 6.18 Å². The van der Waals surface area contributed by atoms with Crippen LogP contribution in [-0.4, -0.2) is 40.1 Å². The number of rotatable bonds is 5. The zero-order chi connectivity index (χ0) is 15.5. The predicted molar refractivity (Wildman–Crippen MR) is 69.6 cm³/mol. The molecule has 21 heavy (non-hydrogen) atoms. The average Bonchev–Trinajstić information content (AvgIpc) is 2.39. The van der Waals surface area contributed by atoms with Crippen LogP contribution in [0.25, 0.3) is 0 Å². The number of carbonyl (C=O) groups excluding carboxylic acids is 1. The molecule has 7 heteroatoms. The molecule has 0 unspecified atom stereocenters. The SMILES string of the molecule is O=C(c1ccc(C(F)(F)F)cn1)N(CCCO)C1CCC1. The van der Waals surface area contributed by atoms with Gasteiger partial charge in [-0.1, -0.05) is 0 Å². The Kier molecular flexibility index (Phi) is 4.82. The molecular formula is C14H17F3N2O2. The van der Waals surface area contributed by atoms with E-state index in [-0.39, 0.29) is 24.2 Å². The molecule has 1 fully saturated rings. The van der Waals surface area contributed by atoms with Crippen molar-refractivity contribution in [2.75, 3.05) is 13.2 Å². The van der Waals surface area contributed by atoms with Crippen LogP contribution in [0.15, 0.2) is 18.3 Å². The predicted octanol–water partition coefficient (Wildman–Crippen LogP) is 2.48. The topological polar surface area (TPSA) is 53.4 Å². The van der Waals surface area contributed by atoms with Crippen molar-refractivity contribution in [2.24, 2.45) is 0 Å². The lowest BCUT2D eigenvalue weighted by molar-refractivity contribution is -0.137. The Labute approximate surface area is 120 Å². The maximum Gasteiger partial charge on any atom is 0.417 e. The minimum absolute atomic E-state index is 0.00726. The lowest BCUT2D eigenvalue weighted by atomic mass is 9.91. The van der Waals surface area contributed by atoms with E-state index >= 15 is 0 Å². The van der Waals surface area contributed by atoms with E-state index in [0.29, 0.717) is 19.2 Å². The number of halogens is 3. The number of alkyl halides is 3. The summed E-state index contributed by atoms with van der Waals surface area (Å²) >= 11 is 0. The Morgan fingerprint density at radius 2 is 2.10 bits per heavy atom. The molecule has 2 rings (SSSR count). The Morgan fingerprint density at radius 3 is 2.52 bits per heavy atom. The molecule has 1 aliphatic carbocycles. The molecule has 0 radical (unpaired) electrons. The second kappa shape index (κ2) is 6.43. The molecule has 1 N–H and O–H groups in total. The van der Waals surface area contributed by atoms with Crippen molar-refractivity contribution in [3.63, 3.8) is 0 Å². The van der Waals surface area contributed by atoms with Gasteiger partial charge < -0.3 is 10.0 Å². The van der Waals surface area contributed by atoms with Gasteiger partial charge in [-0.05, 0) is 37.8 Å². The molecule has 0 aromatic carbocycles. The number of carbonyl (C=O) groups is 1. The van der Waals surface area contributed by atoms with Gasteiger partial charge in [0, 0.05) is 25.4 Å². The highest BCUT2D eigenvalue weighted by Gasteiger charge is 2.32. The first-order chi connectivity index (χ1) is 9.93. The number of aromatic nitrogens is 1. The van der Waals surface area contributed by atoms with Crippen LogP contribution in [0.2, 0.25) is 0 Å². The van der Waals surface area contributed by atoms with E-state index in [4.69, 9.17) is 5.11 Å². The van der Waals surface area contributed by atoms with Gasteiger partial charge in [0.1, 0.15) is 5.69 Å². The number of nitrogens with zero attached hydrogens (tertiary/aromatic N) is 2. The van der Waals surface area contributed by atoms with E-state index in [1.54, 1.807) is 4.90 Å². The molecule has 0 saturated heterocycles. The number of aliphatic hydroxyl groups is 1. The van der Waals surface area contributed by atoms with Gasteiger partial charge in [0.05, 0.1) is 5.56 Å². The molecule has 0 aliphatic heterocycles. The number of amides is 1. The second-order valence-corrected chi connectivity index (χ2v) is 5.09. The van der Waals surface area contributed by atoms with Gasteiger partial charge in [-0.15, -0.1) is 0 Å². The summed E-state index contributed by atoms with van der Waals surface area (Å²) in [6.45, 7) is 0.361. The lowest BCUT2D eigenvalue weighted by Crippen LogP contribution is -2.45. The molecule has 1 aromatic heterocycles. The van der Waals surface area contributed by atoms with Crippen molar-refractivity contribution in [1.29, 1.82) is 0 Å². The van der Waals surface area contributed by atoms with E-state index in [1.807, 2.05) is 0 Å². The molecule has 1 saturated carbocycles. The molecule has 1 aromatic rings. The lowest BCUT2D eigenvalue weighted by Gasteiger charge is -2.37. The highest BCUT2D eigenvalue weighted by molar-refractivity contribution is 5.92. The third-order valence-electron chi connectivity index (χ3n) is 3.64. The molecule has 4 nitrogen and oxygen atoms in total. The fourth-order valence-corrected chi connectivity index (χ4v) is 2.22. The molecule has 1 aliphatic rings. The molecule has 1 heterocycles. The zero-order valence-electron chi connectivity index (χ0n) is 11.4. The second-order valence-electron chi connectivity index (χ2n) is 5.09. The summed E-state index contributed by atoms with van der Waals surface area (Å²) in [5.41, 5.74) is -0.863. The zero-order valence-corrected chi connectivity index (χ0v) is 11.4. The quantitative estimate of drug-likeness (QED) is 0.909. The summed E-state index contributed by atoms with van der Waals surface area (Å²) in [6.07, 6.45) is -0.524. The average molecular weight is 302 g/mol. The fourth-order valence-electron chi connectivity index (χ4n) is 2.22. The van der Waals surface area contributed by atoms with Crippen LogP contribution in [0.3, 0.4) is 0 Å². The van der Waals surface area contributed by atoms with E-state index in [9.17, 15) is 18.0 Å². The summed E-state index contributed by atoms with van der Waals surface area (Å²) in [5.74, 6) is -0.373. The number of hydrogen-bond acceptors (Lipinski definition) is 3. The first-order valence-corrected chi connectivity index (χ1v) is 6.88. The Balaban J connectivity index is 2.12. The summed E-state index contributed by atoms with van der Waals surface area (Å²) in [4.78, 5) is 17.6. The van der Waals surface area contributed by atoms with Gasteiger partial charge in [-0.25, -0.2) is 0 Å². The van der Waals surface area contributed by atoms with Crippen molar-refractivity contribution in [2.45, 2.75) is 37.9 Å². The van der Waals surface area contributed by atoms with Gasteiger partial charge in [0.25, 0.3) is 5.91 Å². The van der Waals surface area contributed by atoms with Crippen LogP contribution in [0.5, 0.6) is 0 Å². The minimum atomic E-state index is -4.46. The third kappa shape index (κ3) is 3.72. The summed E-state index contributed by atoms with van der Waals surface area (Å²) < 4.78 is 37.4. The van der Waals surface area contributed by atoms with Crippen molar-refractivity contribution >= 4 is 5.91 Å². The van der Waals surface area contributed by atoms with Crippen LogP contribution < -0.4 is 0 Å². The van der Waals surface area contributed by atoms with Crippen molar-refractivity contribution in [3.8, 4) is 0 Å². The summed E-state index contributed by atoms with van der Waals surface area (Å²) in [6, 6.07) is 2.08. The Bertz CT molecular complexity index is 484. The molecule has 0 spiro atoms. The third-order valence-corrected chi connectivity index (χ3v) is 3.64. The maximum absolute atomic E-state index is 12.5. The van der Waals surface area contributed by atoms with Crippen molar-refractivity contribution in [3.05, 3.63) is 29.6 Å². The molecule has 0 atom stereocenters. The summed E-state index contributed by atoms with van der Waals surface area (Å²) in [7, 11) is 0. The summed E-state index contributed by atoms with van der Waals surface area (Å²) in [5, 5.41) is 8.89. The maximum atomic E-state index is 12.5. The van der Waals surface area contributed by atoms with Crippen LogP contribution in [0, 0.1) is 0 Å². The first-order valence-electron chi connectivity index (χ1n) is 6.88. The number of aliphatic hydroxyl groups excluding tert-OH is 1. The normalized spacial score (nSPS) is 15.6. The fraction of sp³-hybridized carbons (Fsp3) is 0.571. The van der Waals surface area contributed by atoms with Crippen LogP contribution in [-0.2, 0) is 6.18 Å². The monoisotopic (exact) mass is 302 g/mol. The van der Waals surface area contributed by atoms with Gasteiger partial charge in [-0.3, -0.25) is 9.78 Å². The molecule has 116 valence electrons. The minimum Gasteiger partial charge on any atom is -0.396 e. The highest BCUT2D eigenvalue weighted by Crippen LogP contribution is 2.29. The van der Waals surface area contributed by atoms with E-state index < -0.39 is 11.7 Å². The first kappa shape index (κ1) is 15.8. The van der Waals surface area contributed by atoms with Gasteiger partial charge in [0.15, 0.2) is 0 Å². The standard InChI is InChI=1S/C14H17F3N2O2/c15-14(16,17)10-5-6-12(18-9-10)13(21)19(7-2-8-20)11-3-1-4-11/h5-6,9,11,20H,1-4,7-8H2. The molecular weight excluding hydrogens is 285 g/mol. The molecule has 0 bridgehead atoms. The Hall–Kier alpha value is -1.63. The van der Waals surface area contributed by atoms with E-state index in [1.165, 1.54) is 0 Å². The molecule has 1 amide bonds. The van der Waals surface area contributed by atoms with Crippen LogP contribution >= 0.6 is 0 Å². The van der Waals surface area contributed by atoms with Crippen molar-refractivity contribution < 1.29 is 23.1 Å². The smallest absolute Gasteiger partial charge is 0.396 e. The Morgan fingerprint density at radius 1 is 1.38 bits per heavy atom. The van der Waals surface area contributed by atoms with Gasteiger partial charge in [0.2, 0.25) is 0 Å². The van der Waals surface area contributed by atoms with E-state index in [2.05, 4.69) is 4.98 Å². The number of pyridine rings is 1.